The summed E-state index contributed by atoms with van der Waals surface area (Å²) in [4.78, 5) is 0. The molecule has 0 amide bonds. The summed E-state index contributed by atoms with van der Waals surface area (Å²) in [6, 6.07) is 20.7. The van der Waals surface area contributed by atoms with Crippen molar-refractivity contribution in [3.63, 3.8) is 0 Å². The third kappa shape index (κ3) is 5.00. The number of methoxy groups -OCH3 is 1. The minimum absolute atomic E-state index is 0.0345. The van der Waals surface area contributed by atoms with Gasteiger partial charge in [0.2, 0.25) is 0 Å². The van der Waals surface area contributed by atoms with Crippen molar-refractivity contribution >= 4 is 23.0 Å². The maximum atomic E-state index is 13.5. The van der Waals surface area contributed by atoms with E-state index in [1.54, 1.807) is 18.2 Å². The summed E-state index contributed by atoms with van der Waals surface area (Å²) in [7, 11) is -4.08. The molecule has 0 bridgehead atoms. The van der Waals surface area contributed by atoms with Gasteiger partial charge in [-0.3, -0.25) is 0 Å². The first-order chi connectivity index (χ1) is 15.5. The van der Waals surface area contributed by atoms with Gasteiger partial charge in [0.1, 0.15) is 0 Å². The van der Waals surface area contributed by atoms with E-state index in [1.807, 2.05) is 0 Å². The molecule has 0 fully saturated rings. The molecule has 0 unspecified atom stereocenters. The molecule has 3 nitrogen and oxygen atoms in total. The van der Waals surface area contributed by atoms with Gasteiger partial charge >= 0.3 is 186 Å². The second kappa shape index (κ2) is 9.33. The monoisotopic (exact) mass is 490 g/mol. The van der Waals surface area contributed by atoms with Crippen LogP contribution in [0.2, 0.25) is 0 Å². The van der Waals surface area contributed by atoms with E-state index in [0.717, 1.165) is 0 Å². The Labute approximate surface area is 187 Å². The first-order valence-electron chi connectivity index (χ1n) is 9.72. The van der Waals surface area contributed by atoms with Crippen molar-refractivity contribution in [3.05, 3.63) is 84.9 Å². The number of para-hydroxylation sites is 1. The number of rotatable bonds is 8. The SMILES string of the molecule is COc1ccccc1P(OCC(F)(F)F)(OCC(F)(F)F)(c1ccccc1)c1ccccc1. The summed E-state index contributed by atoms with van der Waals surface area (Å²) in [6.07, 6.45) is -9.70. The Kier molecular flexibility index (Phi) is 7.07. The van der Waals surface area contributed by atoms with Crippen molar-refractivity contribution in [2.24, 2.45) is 0 Å². The van der Waals surface area contributed by atoms with Crippen LogP contribution in [-0.4, -0.2) is 32.7 Å². The van der Waals surface area contributed by atoms with E-state index in [1.165, 1.54) is 73.8 Å². The van der Waals surface area contributed by atoms with Gasteiger partial charge in [0.05, 0.1) is 0 Å². The fraction of sp³-hybridized carbons (Fsp3) is 0.217. The molecule has 0 aromatic heterocycles. The van der Waals surface area contributed by atoms with Gasteiger partial charge in [-0.05, 0) is 0 Å². The van der Waals surface area contributed by atoms with Crippen LogP contribution in [0.4, 0.5) is 26.3 Å². The number of hydrogen-bond acceptors (Lipinski definition) is 3. The van der Waals surface area contributed by atoms with Crippen LogP contribution in [0.1, 0.15) is 0 Å². The molecule has 10 heteroatoms. The molecule has 0 aliphatic rings. The molecule has 0 N–H and O–H groups in total. The van der Waals surface area contributed by atoms with E-state index in [4.69, 9.17) is 13.8 Å². The first kappa shape index (κ1) is 25.0. The van der Waals surface area contributed by atoms with Crippen molar-refractivity contribution in [1.29, 1.82) is 0 Å². The van der Waals surface area contributed by atoms with Gasteiger partial charge in [-0.1, -0.05) is 0 Å². The van der Waals surface area contributed by atoms with Gasteiger partial charge < -0.3 is 0 Å². The number of hydrogen-bond donors (Lipinski definition) is 0. The zero-order valence-electron chi connectivity index (χ0n) is 17.4. The fourth-order valence-corrected chi connectivity index (χ4v) is 8.60. The molecule has 3 rings (SSSR count). The molecule has 33 heavy (non-hydrogen) atoms. The van der Waals surface area contributed by atoms with E-state index in [2.05, 4.69) is 0 Å². The molecule has 0 heterocycles. The summed E-state index contributed by atoms with van der Waals surface area (Å²) in [5.74, 6) is 0.0345. The van der Waals surface area contributed by atoms with E-state index in [0.29, 0.717) is 0 Å². The van der Waals surface area contributed by atoms with Crippen LogP contribution in [0.15, 0.2) is 84.9 Å². The van der Waals surface area contributed by atoms with Gasteiger partial charge in [-0.2, -0.15) is 0 Å². The van der Waals surface area contributed by atoms with Crippen LogP contribution in [0, 0.1) is 0 Å². The molecular weight excluding hydrogens is 469 g/mol. The Morgan fingerprint density at radius 3 is 1.39 bits per heavy atom. The van der Waals surface area contributed by atoms with Gasteiger partial charge in [-0.15, -0.1) is 0 Å². The zero-order valence-corrected chi connectivity index (χ0v) is 18.3. The van der Waals surface area contributed by atoms with Gasteiger partial charge in [0.25, 0.3) is 0 Å². The molecule has 178 valence electrons. The Morgan fingerprint density at radius 1 is 0.606 bits per heavy atom. The summed E-state index contributed by atoms with van der Waals surface area (Å²) in [5.41, 5.74) is 0. The third-order valence-corrected chi connectivity index (χ3v) is 9.88. The van der Waals surface area contributed by atoms with Crippen LogP contribution in [0.3, 0.4) is 0 Å². The Morgan fingerprint density at radius 2 is 1.00 bits per heavy atom. The van der Waals surface area contributed by atoms with Crippen LogP contribution < -0.4 is 20.7 Å². The fourth-order valence-electron chi connectivity index (χ4n) is 3.66. The molecule has 0 saturated heterocycles. The molecule has 0 aliphatic carbocycles. The van der Waals surface area contributed by atoms with Crippen molar-refractivity contribution < 1.29 is 40.1 Å². The topological polar surface area (TPSA) is 27.7 Å². The van der Waals surface area contributed by atoms with Crippen LogP contribution in [0.5, 0.6) is 5.75 Å². The number of halogens is 6. The standard InChI is InChI=1S/C23H21F6O3P/c1-30-20-14-8-9-15-21(20)33(31-16-22(24,25)26,32-17-23(27,28)29,18-10-4-2-5-11-18)19-12-6-3-7-13-19/h2-15H,16-17H2,1H3. The number of alkyl halides is 6. The van der Waals surface area contributed by atoms with Crippen molar-refractivity contribution in [1.82, 2.24) is 0 Å². The summed E-state index contributed by atoms with van der Waals surface area (Å²) in [6.45, 7) is -3.69. The molecule has 0 aliphatic heterocycles. The van der Waals surface area contributed by atoms with Crippen LogP contribution in [-0.2, 0) is 9.05 Å². The average Bonchev–Trinajstić information content (AvgIpc) is 2.80. The molecule has 3 aromatic rings. The van der Waals surface area contributed by atoms with Crippen LogP contribution >= 0.6 is 7.06 Å². The molecule has 3 aromatic carbocycles. The third-order valence-electron chi connectivity index (χ3n) is 4.92. The van der Waals surface area contributed by atoms with Crippen molar-refractivity contribution in [3.8, 4) is 5.75 Å². The molecule has 0 radical (unpaired) electrons. The molecule has 0 spiro atoms. The van der Waals surface area contributed by atoms with Crippen molar-refractivity contribution in [2.45, 2.75) is 12.4 Å². The van der Waals surface area contributed by atoms with Gasteiger partial charge in [-0.25, -0.2) is 0 Å². The number of benzene rings is 3. The first-order valence-corrected chi connectivity index (χ1v) is 11.8. The van der Waals surface area contributed by atoms with Gasteiger partial charge in [0.15, 0.2) is 0 Å². The van der Waals surface area contributed by atoms with E-state index in [-0.39, 0.29) is 21.7 Å². The zero-order chi connectivity index (χ0) is 24.2. The molecular formula is C23H21F6O3P. The Hall–Kier alpha value is -2.61. The Bertz CT molecular complexity index is 994. The second-order valence-electron chi connectivity index (χ2n) is 7.08. The van der Waals surface area contributed by atoms with Crippen LogP contribution in [0.25, 0.3) is 0 Å². The summed E-state index contributed by atoms with van der Waals surface area (Å²) < 4.78 is 98.0. The van der Waals surface area contributed by atoms with Gasteiger partial charge in [0, 0.05) is 0 Å². The molecule has 0 saturated carbocycles. The minimum atomic E-state index is -5.35. The van der Waals surface area contributed by atoms with E-state index >= 15 is 0 Å². The predicted octanol–water partition coefficient (Wildman–Crippen LogP) is 5.51. The molecule has 0 atom stereocenters. The average molecular weight is 490 g/mol. The second-order valence-corrected chi connectivity index (χ2v) is 11.0. The normalized spacial score (nSPS) is 13.8. The maximum absolute atomic E-state index is 13.5. The quantitative estimate of drug-likeness (QED) is 0.308. The predicted molar refractivity (Wildman–Crippen MR) is 116 cm³/mol. The van der Waals surface area contributed by atoms with Crippen molar-refractivity contribution in [2.75, 3.05) is 20.3 Å². The summed E-state index contributed by atoms with van der Waals surface area (Å²) in [5, 5.41) is 0.0253. The number of ether oxygens (including phenoxy) is 1. The summed E-state index contributed by atoms with van der Waals surface area (Å²) >= 11 is 0. The van der Waals surface area contributed by atoms with E-state index in [9.17, 15) is 26.3 Å². The van der Waals surface area contributed by atoms with E-state index < -0.39 is 32.6 Å². The Balaban J connectivity index is 2.52.